The zero-order valence-electron chi connectivity index (χ0n) is 12.7. The summed E-state index contributed by atoms with van der Waals surface area (Å²) in [6.45, 7) is 2.33. The zero-order chi connectivity index (χ0) is 14.7. The van der Waals surface area contributed by atoms with Gasteiger partial charge in [-0.2, -0.15) is 0 Å². The summed E-state index contributed by atoms with van der Waals surface area (Å²) in [5.74, 6) is 0.829. The van der Waals surface area contributed by atoms with E-state index in [-0.39, 0.29) is 0 Å². The maximum absolute atomic E-state index is 4.32. The minimum Gasteiger partial charge on any atom is -0.372 e. The minimum absolute atomic E-state index is 0.829. The summed E-state index contributed by atoms with van der Waals surface area (Å²) in [5.41, 5.74) is 2.18. The van der Waals surface area contributed by atoms with Crippen molar-refractivity contribution < 1.29 is 4.57 Å². The quantitative estimate of drug-likeness (QED) is 0.629. The van der Waals surface area contributed by atoms with E-state index >= 15 is 0 Å². The second-order valence-electron chi connectivity index (χ2n) is 5.58. The van der Waals surface area contributed by atoms with Crippen LogP contribution < -0.4 is 9.47 Å². The van der Waals surface area contributed by atoms with Crippen LogP contribution in [0.4, 0.5) is 17.3 Å². The number of piperidine rings is 1. The van der Waals surface area contributed by atoms with E-state index in [4.69, 9.17) is 0 Å². The lowest BCUT2D eigenvalue weighted by Gasteiger charge is -2.28. The third-order valence-electron chi connectivity index (χ3n) is 3.97. The van der Waals surface area contributed by atoms with Crippen molar-refractivity contribution in [2.45, 2.75) is 19.3 Å². The lowest BCUT2D eigenvalue weighted by atomic mass is 10.1. The van der Waals surface area contributed by atoms with E-state index in [9.17, 15) is 0 Å². The highest BCUT2D eigenvalue weighted by atomic mass is 15.3. The van der Waals surface area contributed by atoms with Crippen LogP contribution in [0.2, 0.25) is 0 Å². The van der Waals surface area contributed by atoms with Crippen molar-refractivity contribution in [1.29, 1.82) is 0 Å². The fourth-order valence-electron chi connectivity index (χ4n) is 2.71. The van der Waals surface area contributed by atoms with E-state index in [2.05, 4.69) is 27.3 Å². The number of hydrogen-bond donors (Lipinski definition) is 0. The molecule has 0 unspecified atom stereocenters. The molecule has 1 aromatic carbocycles. The van der Waals surface area contributed by atoms with Gasteiger partial charge in [0.2, 0.25) is 0 Å². The highest BCUT2D eigenvalue weighted by Gasteiger charge is 2.12. The SMILES string of the molecule is Cn1cc[n+](C)c1N=Nc1ccc(N2CCCCC2)cc1. The molecule has 5 heteroatoms. The Morgan fingerprint density at radius 3 is 2.33 bits per heavy atom. The predicted octanol–water partition coefficient (Wildman–Crippen LogP) is 3.26. The minimum atomic E-state index is 0.829. The van der Waals surface area contributed by atoms with Crippen molar-refractivity contribution in [3.8, 4) is 0 Å². The van der Waals surface area contributed by atoms with Gasteiger partial charge in [0.05, 0.1) is 26.5 Å². The highest BCUT2D eigenvalue weighted by Crippen LogP contribution is 2.23. The first-order chi connectivity index (χ1) is 10.2. The van der Waals surface area contributed by atoms with Gasteiger partial charge < -0.3 is 4.90 Å². The largest absolute Gasteiger partial charge is 0.421 e. The number of nitrogens with zero attached hydrogens (tertiary/aromatic N) is 5. The average molecular weight is 284 g/mol. The molecule has 3 rings (SSSR count). The Labute approximate surface area is 125 Å². The van der Waals surface area contributed by atoms with Crippen LogP contribution in [-0.4, -0.2) is 17.7 Å². The fraction of sp³-hybridized carbons (Fsp3) is 0.438. The second-order valence-corrected chi connectivity index (χ2v) is 5.58. The first kappa shape index (κ1) is 13.8. The molecule has 0 radical (unpaired) electrons. The van der Waals surface area contributed by atoms with Gasteiger partial charge >= 0.3 is 5.95 Å². The molecule has 0 bridgehead atoms. The number of anilines is 1. The van der Waals surface area contributed by atoms with Gasteiger partial charge in [0.1, 0.15) is 5.69 Å². The molecular weight excluding hydrogens is 262 g/mol. The van der Waals surface area contributed by atoms with Crippen molar-refractivity contribution in [1.82, 2.24) is 4.57 Å². The van der Waals surface area contributed by atoms with Gasteiger partial charge in [-0.1, -0.05) is 5.11 Å². The van der Waals surface area contributed by atoms with Gasteiger partial charge in [0, 0.05) is 23.9 Å². The Kier molecular flexibility index (Phi) is 3.99. The molecule has 21 heavy (non-hydrogen) atoms. The van der Waals surface area contributed by atoms with E-state index in [1.54, 1.807) is 0 Å². The number of aromatic nitrogens is 2. The van der Waals surface area contributed by atoms with Crippen LogP contribution in [-0.2, 0) is 14.1 Å². The third kappa shape index (κ3) is 3.12. The zero-order valence-corrected chi connectivity index (χ0v) is 12.7. The van der Waals surface area contributed by atoms with Crippen LogP contribution in [0.1, 0.15) is 19.3 Å². The number of azo groups is 1. The Bertz CT molecular complexity index is 601. The number of benzene rings is 1. The molecule has 1 saturated heterocycles. The topological polar surface area (TPSA) is 36.8 Å². The molecule has 1 aliphatic heterocycles. The summed E-state index contributed by atoms with van der Waals surface area (Å²) < 4.78 is 3.90. The van der Waals surface area contributed by atoms with Crippen molar-refractivity contribution in [2.75, 3.05) is 18.0 Å². The first-order valence-electron chi connectivity index (χ1n) is 7.52. The molecular formula is C16H22N5+. The average Bonchev–Trinajstić information content (AvgIpc) is 2.85. The number of imidazole rings is 1. The lowest BCUT2D eigenvalue weighted by Crippen LogP contribution is -2.29. The Morgan fingerprint density at radius 2 is 1.71 bits per heavy atom. The summed E-state index contributed by atoms with van der Waals surface area (Å²) >= 11 is 0. The standard InChI is InChI=1S/C16H22N5/c1-19-12-13-20(2)16(19)18-17-14-6-8-15(9-7-14)21-10-4-3-5-11-21/h6-9,12-13H,3-5,10-11H2,1-2H3/q+1. The molecule has 0 aliphatic carbocycles. The molecule has 2 heterocycles. The maximum atomic E-state index is 4.32. The monoisotopic (exact) mass is 284 g/mol. The summed E-state index contributed by atoms with van der Waals surface area (Å²) in [6.07, 6.45) is 7.88. The van der Waals surface area contributed by atoms with Gasteiger partial charge in [-0.05, 0) is 43.5 Å². The molecule has 0 saturated carbocycles. The fourth-order valence-corrected chi connectivity index (χ4v) is 2.71. The van der Waals surface area contributed by atoms with Crippen molar-refractivity contribution in [3.63, 3.8) is 0 Å². The van der Waals surface area contributed by atoms with Gasteiger partial charge in [-0.15, -0.1) is 0 Å². The van der Waals surface area contributed by atoms with Gasteiger partial charge in [0.25, 0.3) is 0 Å². The molecule has 0 amide bonds. The molecule has 5 nitrogen and oxygen atoms in total. The van der Waals surface area contributed by atoms with Crippen LogP contribution in [0.5, 0.6) is 0 Å². The highest BCUT2D eigenvalue weighted by molar-refractivity contribution is 5.52. The molecule has 0 spiro atoms. The van der Waals surface area contributed by atoms with E-state index in [0.29, 0.717) is 0 Å². The smallest absolute Gasteiger partial charge is 0.372 e. The van der Waals surface area contributed by atoms with E-state index < -0.39 is 0 Å². The maximum Gasteiger partial charge on any atom is 0.421 e. The molecule has 0 atom stereocenters. The normalized spacial score (nSPS) is 15.8. The molecule has 110 valence electrons. The van der Waals surface area contributed by atoms with Crippen LogP contribution >= 0.6 is 0 Å². The van der Waals surface area contributed by atoms with Crippen molar-refractivity contribution >= 4 is 17.3 Å². The second kappa shape index (κ2) is 6.08. The van der Waals surface area contributed by atoms with E-state index in [1.807, 2.05) is 47.8 Å². The Morgan fingerprint density at radius 1 is 1.00 bits per heavy atom. The van der Waals surface area contributed by atoms with Crippen molar-refractivity contribution in [2.24, 2.45) is 24.3 Å². The molecule has 0 N–H and O–H groups in total. The van der Waals surface area contributed by atoms with Crippen LogP contribution in [0.3, 0.4) is 0 Å². The van der Waals surface area contributed by atoms with E-state index in [0.717, 1.165) is 11.6 Å². The predicted molar refractivity (Wildman–Crippen MR) is 83.3 cm³/mol. The Hall–Kier alpha value is -2.17. The third-order valence-corrected chi connectivity index (χ3v) is 3.97. The summed E-state index contributed by atoms with van der Waals surface area (Å²) in [5, 5.41) is 8.64. The Balaban J connectivity index is 1.72. The van der Waals surface area contributed by atoms with Crippen LogP contribution in [0.25, 0.3) is 0 Å². The summed E-state index contributed by atoms with van der Waals surface area (Å²) in [7, 11) is 3.93. The molecule has 1 aromatic heterocycles. The number of aryl methyl sites for hydroxylation is 2. The van der Waals surface area contributed by atoms with Gasteiger partial charge in [-0.3, -0.25) is 0 Å². The number of hydrogen-bond acceptors (Lipinski definition) is 3. The summed E-state index contributed by atoms with van der Waals surface area (Å²) in [4.78, 5) is 2.45. The molecule has 1 fully saturated rings. The van der Waals surface area contributed by atoms with E-state index in [1.165, 1.54) is 38.0 Å². The van der Waals surface area contributed by atoms with Crippen LogP contribution in [0, 0.1) is 0 Å². The van der Waals surface area contributed by atoms with Crippen molar-refractivity contribution in [3.05, 3.63) is 36.7 Å². The molecule has 1 aliphatic rings. The first-order valence-corrected chi connectivity index (χ1v) is 7.52. The lowest BCUT2D eigenvalue weighted by molar-refractivity contribution is -0.657. The van der Waals surface area contributed by atoms with Gasteiger partial charge in [-0.25, -0.2) is 9.13 Å². The molecule has 2 aromatic rings. The number of rotatable bonds is 3. The van der Waals surface area contributed by atoms with Gasteiger partial charge in [0.15, 0.2) is 0 Å². The van der Waals surface area contributed by atoms with Crippen LogP contribution in [0.15, 0.2) is 46.9 Å². The summed E-state index contributed by atoms with van der Waals surface area (Å²) in [6, 6.07) is 8.36.